The molecule has 0 aliphatic rings. The van der Waals surface area contributed by atoms with Crippen molar-refractivity contribution >= 4 is 8.80 Å². The van der Waals surface area contributed by atoms with Crippen LogP contribution in [0.4, 0.5) is 4.39 Å². The average molecular weight is 244 g/mol. The van der Waals surface area contributed by atoms with Crippen LogP contribution >= 0.6 is 0 Å². The third kappa shape index (κ3) is 5.97. The number of unbranched alkanes of at least 4 members (excludes halogenated alkanes) is 2. The number of hydrogen-bond donors (Lipinski definition) is 3. The second kappa shape index (κ2) is 6.10. The number of aryl methyl sites for hydroxylation is 1. The number of halogens is 1. The number of benzene rings is 1. The first-order chi connectivity index (χ1) is 7.47. The van der Waals surface area contributed by atoms with Gasteiger partial charge < -0.3 is 14.4 Å². The second-order valence-corrected chi connectivity index (χ2v) is 6.01. The highest BCUT2D eigenvalue weighted by atomic mass is 28.4. The summed E-state index contributed by atoms with van der Waals surface area (Å²) in [6.07, 6.45) is 3.18. The van der Waals surface area contributed by atoms with E-state index >= 15 is 0 Å². The normalized spacial score (nSPS) is 11.8. The van der Waals surface area contributed by atoms with E-state index in [2.05, 4.69) is 0 Å². The average Bonchev–Trinajstić information content (AvgIpc) is 2.19. The molecular formula is C11H17FO3Si. The third-order valence-electron chi connectivity index (χ3n) is 2.39. The molecule has 0 aliphatic heterocycles. The molecule has 90 valence electrons. The molecule has 1 aromatic rings. The van der Waals surface area contributed by atoms with E-state index in [9.17, 15) is 4.39 Å². The quantitative estimate of drug-likeness (QED) is 0.524. The molecule has 0 unspecified atom stereocenters. The van der Waals surface area contributed by atoms with Gasteiger partial charge in [0, 0.05) is 6.04 Å². The van der Waals surface area contributed by atoms with Gasteiger partial charge in [-0.3, -0.25) is 0 Å². The Morgan fingerprint density at radius 3 is 2.12 bits per heavy atom. The molecule has 0 saturated heterocycles. The molecule has 0 atom stereocenters. The predicted octanol–water partition coefficient (Wildman–Crippen LogP) is 1.45. The highest BCUT2D eigenvalue weighted by Gasteiger charge is 2.25. The highest BCUT2D eigenvalue weighted by Crippen LogP contribution is 2.11. The summed E-state index contributed by atoms with van der Waals surface area (Å²) < 4.78 is 12.6. The van der Waals surface area contributed by atoms with E-state index in [1.807, 2.05) is 0 Å². The van der Waals surface area contributed by atoms with E-state index < -0.39 is 8.80 Å². The van der Waals surface area contributed by atoms with Crippen molar-refractivity contribution in [3.8, 4) is 0 Å². The molecule has 0 spiro atoms. The van der Waals surface area contributed by atoms with Crippen molar-refractivity contribution in [2.24, 2.45) is 0 Å². The smallest absolute Gasteiger partial charge is 0.390 e. The lowest BCUT2D eigenvalue weighted by atomic mass is 10.1. The molecule has 5 heteroatoms. The Morgan fingerprint density at radius 1 is 0.938 bits per heavy atom. The van der Waals surface area contributed by atoms with Gasteiger partial charge in [-0.25, -0.2) is 4.39 Å². The standard InChI is InChI=1S/C11H17FO3Si/c12-11-7-5-10(6-8-11)4-2-1-3-9-16(13,14)15/h5-8,13-15H,1-4,9H2. The molecule has 16 heavy (non-hydrogen) atoms. The van der Waals surface area contributed by atoms with Gasteiger partial charge in [0.25, 0.3) is 0 Å². The fourth-order valence-corrected chi connectivity index (χ4v) is 2.24. The summed E-state index contributed by atoms with van der Waals surface area (Å²) >= 11 is 0. The fourth-order valence-electron chi connectivity index (χ4n) is 1.52. The minimum Gasteiger partial charge on any atom is -0.390 e. The summed E-state index contributed by atoms with van der Waals surface area (Å²) in [6.45, 7) is 0. The van der Waals surface area contributed by atoms with E-state index in [1.54, 1.807) is 12.1 Å². The van der Waals surface area contributed by atoms with Crippen LogP contribution in [-0.2, 0) is 6.42 Å². The summed E-state index contributed by atoms with van der Waals surface area (Å²) in [4.78, 5) is 26.3. The minimum absolute atomic E-state index is 0.0937. The zero-order chi connectivity index (χ0) is 12.0. The molecule has 0 amide bonds. The van der Waals surface area contributed by atoms with Crippen LogP contribution in [-0.4, -0.2) is 23.2 Å². The van der Waals surface area contributed by atoms with Crippen LogP contribution in [0.25, 0.3) is 0 Å². The van der Waals surface area contributed by atoms with Crippen molar-refractivity contribution in [1.29, 1.82) is 0 Å². The van der Waals surface area contributed by atoms with Crippen LogP contribution in [0.2, 0.25) is 6.04 Å². The monoisotopic (exact) mass is 244 g/mol. The van der Waals surface area contributed by atoms with E-state index in [4.69, 9.17) is 14.4 Å². The lowest BCUT2D eigenvalue weighted by molar-refractivity contribution is 0.226. The van der Waals surface area contributed by atoms with Gasteiger partial charge in [0.15, 0.2) is 0 Å². The van der Waals surface area contributed by atoms with E-state index in [-0.39, 0.29) is 11.9 Å². The Balaban J connectivity index is 2.14. The topological polar surface area (TPSA) is 60.7 Å². The van der Waals surface area contributed by atoms with Crippen LogP contribution in [0.15, 0.2) is 24.3 Å². The zero-order valence-corrected chi connectivity index (χ0v) is 10.1. The maximum absolute atomic E-state index is 12.6. The predicted molar refractivity (Wildman–Crippen MR) is 61.2 cm³/mol. The number of hydrogen-bond acceptors (Lipinski definition) is 3. The summed E-state index contributed by atoms with van der Waals surface area (Å²) in [5.41, 5.74) is 1.07. The second-order valence-electron chi connectivity index (χ2n) is 3.96. The molecule has 1 aromatic carbocycles. The van der Waals surface area contributed by atoms with E-state index in [0.717, 1.165) is 24.8 Å². The summed E-state index contributed by atoms with van der Waals surface area (Å²) in [5, 5.41) is 0. The Hall–Kier alpha value is -0.753. The molecule has 3 nitrogen and oxygen atoms in total. The molecule has 0 saturated carbocycles. The molecule has 0 heterocycles. The maximum atomic E-state index is 12.6. The van der Waals surface area contributed by atoms with Gasteiger partial charge in [0.2, 0.25) is 0 Å². The van der Waals surface area contributed by atoms with Gasteiger partial charge in [-0.15, -0.1) is 0 Å². The lowest BCUT2D eigenvalue weighted by Crippen LogP contribution is -2.33. The molecular weight excluding hydrogens is 227 g/mol. The molecule has 0 fully saturated rings. The molecule has 0 aliphatic carbocycles. The van der Waals surface area contributed by atoms with Crippen LogP contribution in [0.3, 0.4) is 0 Å². The molecule has 3 N–H and O–H groups in total. The Morgan fingerprint density at radius 2 is 1.56 bits per heavy atom. The van der Waals surface area contributed by atoms with Gasteiger partial charge in [0.05, 0.1) is 0 Å². The van der Waals surface area contributed by atoms with Crippen molar-refractivity contribution in [2.75, 3.05) is 0 Å². The van der Waals surface area contributed by atoms with E-state index in [1.165, 1.54) is 12.1 Å². The van der Waals surface area contributed by atoms with Gasteiger partial charge in [-0.2, -0.15) is 0 Å². The molecule has 1 rings (SSSR count). The van der Waals surface area contributed by atoms with Gasteiger partial charge in [0.1, 0.15) is 5.82 Å². The Kier molecular flexibility index (Phi) is 5.07. The lowest BCUT2D eigenvalue weighted by Gasteiger charge is -2.08. The summed E-state index contributed by atoms with van der Waals surface area (Å²) in [6, 6.07) is 6.46. The highest BCUT2D eigenvalue weighted by molar-refractivity contribution is 6.56. The number of rotatable bonds is 6. The van der Waals surface area contributed by atoms with Crippen molar-refractivity contribution < 1.29 is 18.8 Å². The van der Waals surface area contributed by atoms with Gasteiger partial charge in [-0.1, -0.05) is 18.6 Å². The summed E-state index contributed by atoms with van der Waals surface area (Å²) in [5.74, 6) is -0.236. The molecule has 0 bridgehead atoms. The van der Waals surface area contributed by atoms with Crippen LogP contribution < -0.4 is 0 Å². The zero-order valence-electron chi connectivity index (χ0n) is 9.06. The van der Waals surface area contributed by atoms with Crippen molar-refractivity contribution in [1.82, 2.24) is 0 Å². The van der Waals surface area contributed by atoms with Crippen LogP contribution in [0, 0.1) is 5.82 Å². The Labute approximate surface area is 95.6 Å². The SMILES string of the molecule is O[Si](O)(O)CCCCCc1ccc(F)cc1. The van der Waals surface area contributed by atoms with Gasteiger partial charge >= 0.3 is 8.80 Å². The minimum atomic E-state index is -3.84. The van der Waals surface area contributed by atoms with Crippen molar-refractivity contribution in [2.45, 2.75) is 31.7 Å². The Bertz CT molecular complexity index is 308. The first kappa shape index (κ1) is 13.3. The first-order valence-corrected chi connectivity index (χ1v) is 7.44. The molecule has 0 radical (unpaired) electrons. The van der Waals surface area contributed by atoms with Crippen LogP contribution in [0.5, 0.6) is 0 Å². The van der Waals surface area contributed by atoms with Crippen molar-refractivity contribution in [3.05, 3.63) is 35.6 Å². The van der Waals surface area contributed by atoms with Gasteiger partial charge in [-0.05, 0) is 37.0 Å². The fraction of sp³-hybridized carbons (Fsp3) is 0.455. The summed E-state index contributed by atoms with van der Waals surface area (Å²) in [7, 11) is -3.84. The largest absolute Gasteiger partial charge is 0.492 e. The van der Waals surface area contributed by atoms with E-state index in [0.29, 0.717) is 6.42 Å². The molecule has 0 aromatic heterocycles. The van der Waals surface area contributed by atoms with Crippen LogP contribution in [0.1, 0.15) is 24.8 Å². The third-order valence-corrected chi connectivity index (χ3v) is 3.42. The van der Waals surface area contributed by atoms with Crippen molar-refractivity contribution in [3.63, 3.8) is 0 Å². The first-order valence-electron chi connectivity index (χ1n) is 5.39. The maximum Gasteiger partial charge on any atom is 0.492 e.